The van der Waals surface area contributed by atoms with Gasteiger partial charge in [-0.25, -0.2) is 9.97 Å². The summed E-state index contributed by atoms with van der Waals surface area (Å²) in [5.41, 5.74) is 4.51. The second-order valence-electron chi connectivity index (χ2n) is 10.7. The topological polar surface area (TPSA) is 120 Å². The number of carbonyl (C=O) groups excluding carboxylic acids is 2. The van der Waals surface area contributed by atoms with Crippen molar-refractivity contribution < 1.29 is 19.4 Å². The highest BCUT2D eigenvalue weighted by Crippen LogP contribution is 2.31. The van der Waals surface area contributed by atoms with Gasteiger partial charge in [-0.2, -0.15) is 0 Å². The molecule has 5 rings (SSSR count). The van der Waals surface area contributed by atoms with Gasteiger partial charge in [-0.15, -0.1) is 12.4 Å². The summed E-state index contributed by atoms with van der Waals surface area (Å²) in [6.45, 7) is 2.15. The van der Waals surface area contributed by atoms with Crippen LogP contribution in [0.5, 0.6) is 0 Å². The lowest BCUT2D eigenvalue weighted by Crippen LogP contribution is -2.40. The molecule has 10 nitrogen and oxygen atoms in total. The SMILES string of the molecule is CN(C)Cc1ccc([C@@H](CO)NC(=O)CN2Cc3ccc(-c4nc(NC5CCOCC5)ncc4Cl)cc3C2=O)cc1.Cl. The van der Waals surface area contributed by atoms with Crippen molar-refractivity contribution in [3.8, 4) is 11.3 Å². The Morgan fingerprint density at radius 2 is 1.93 bits per heavy atom. The summed E-state index contributed by atoms with van der Waals surface area (Å²) in [5.74, 6) is -0.103. The highest BCUT2D eigenvalue weighted by atomic mass is 35.5. The van der Waals surface area contributed by atoms with Crippen molar-refractivity contribution in [1.29, 1.82) is 0 Å². The van der Waals surface area contributed by atoms with Crippen molar-refractivity contribution in [2.45, 2.75) is 38.0 Å². The van der Waals surface area contributed by atoms with Crippen molar-refractivity contribution in [2.75, 3.05) is 45.8 Å². The number of aliphatic hydroxyl groups is 1. The van der Waals surface area contributed by atoms with E-state index in [4.69, 9.17) is 16.3 Å². The summed E-state index contributed by atoms with van der Waals surface area (Å²) in [7, 11) is 3.99. The Labute approximate surface area is 256 Å². The van der Waals surface area contributed by atoms with Crippen molar-refractivity contribution in [2.24, 2.45) is 0 Å². The minimum atomic E-state index is -0.563. The zero-order chi connectivity index (χ0) is 28.9. The monoisotopic (exact) mass is 614 g/mol. The van der Waals surface area contributed by atoms with Crippen molar-refractivity contribution in [3.63, 3.8) is 0 Å². The van der Waals surface area contributed by atoms with E-state index in [2.05, 4.69) is 25.5 Å². The highest BCUT2D eigenvalue weighted by molar-refractivity contribution is 6.33. The van der Waals surface area contributed by atoms with Crippen molar-refractivity contribution in [1.82, 2.24) is 25.1 Å². The molecule has 0 unspecified atom stereocenters. The van der Waals surface area contributed by atoms with Gasteiger partial charge in [0.15, 0.2) is 0 Å². The van der Waals surface area contributed by atoms with Gasteiger partial charge in [0.2, 0.25) is 11.9 Å². The van der Waals surface area contributed by atoms with Crippen LogP contribution >= 0.6 is 24.0 Å². The molecule has 3 N–H and O–H groups in total. The number of fused-ring (bicyclic) bond motifs is 1. The highest BCUT2D eigenvalue weighted by Gasteiger charge is 2.30. The number of anilines is 1. The molecule has 2 aliphatic rings. The fourth-order valence-electron chi connectivity index (χ4n) is 5.17. The second-order valence-corrected chi connectivity index (χ2v) is 11.1. The van der Waals surface area contributed by atoms with E-state index in [0.717, 1.165) is 36.1 Å². The molecule has 1 saturated heterocycles. The molecule has 224 valence electrons. The van der Waals surface area contributed by atoms with Crippen LogP contribution in [-0.2, 0) is 22.6 Å². The summed E-state index contributed by atoms with van der Waals surface area (Å²) in [6.07, 6.45) is 3.31. The normalized spacial score (nSPS) is 15.7. The summed E-state index contributed by atoms with van der Waals surface area (Å²) >= 11 is 6.46. The molecule has 0 spiro atoms. The largest absolute Gasteiger partial charge is 0.394 e. The number of nitrogens with one attached hydrogen (secondary N) is 2. The fraction of sp³-hybridized carbons (Fsp3) is 0.400. The quantitative estimate of drug-likeness (QED) is 0.316. The van der Waals surface area contributed by atoms with Crippen LogP contribution in [0.1, 0.15) is 45.9 Å². The van der Waals surface area contributed by atoms with Gasteiger partial charge in [0.25, 0.3) is 5.91 Å². The van der Waals surface area contributed by atoms with Gasteiger partial charge in [0.1, 0.15) is 6.54 Å². The van der Waals surface area contributed by atoms with Gasteiger partial charge >= 0.3 is 0 Å². The Morgan fingerprint density at radius 1 is 1.19 bits per heavy atom. The third-order valence-electron chi connectivity index (χ3n) is 7.29. The summed E-state index contributed by atoms with van der Waals surface area (Å²) in [5, 5.41) is 16.5. The number of hydrogen-bond acceptors (Lipinski definition) is 8. The van der Waals surface area contributed by atoms with Crippen LogP contribution in [0.3, 0.4) is 0 Å². The van der Waals surface area contributed by atoms with Crippen molar-refractivity contribution >= 4 is 41.8 Å². The minimum absolute atomic E-state index is 0. The predicted octanol–water partition coefficient (Wildman–Crippen LogP) is 3.68. The first-order chi connectivity index (χ1) is 19.8. The van der Waals surface area contributed by atoms with Gasteiger partial charge in [-0.05, 0) is 49.7 Å². The summed E-state index contributed by atoms with van der Waals surface area (Å²) < 4.78 is 5.42. The van der Waals surface area contributed by atoms with Crippen LogP contribution in [0.15, 0.2) is 48.7 Å². The fourth-order valence-corrected chi connectivity index (χ4v) is 5.37. The molecule has 42 heavy (non-hydrogen) atoms. The summed E-state index contributed by atoms with van der Waals surface area (Å²) in [4.78, 5) is 38.7. The maximum Gasteiger partial charge on any atom is 0.254 e. The van der Waals surface area contributed by atoms with Gasteiger partial charge in [0, 0.05) is 43.5 Å². The molecule has 12 heteroatoms. The lowest BCUT2D eigenvalue weighted by molar-refractivity contribution is -0.122. The molecule has 0 saturated carbocycles. The molecule has 2 aliphatic heterocycles. The number of halogens is 2. The number of nitrogens with zero attached hydrogens (tertiary/aromatic N) is 4. The average Bonchev–Trinajstić information content (AvgIpc) is 3.27. The Hall–Kier alpha value is -3.28. The molecule has 3 heterocycles. The van der Waals surface area contributed by atoms with Crippen LogP contribution in [0.2, 0.25) is 5.02 Å². The van der Waals surface area contributed by atoms with E-state index < -0.39 is 6.04 Å². The van der Waals surface area contributed by atoms with E-state index in [1.54, 1.807) is 12.3 Å². The maximum atomic E-state index is 13.3. The maximum absolute atomic E-state index is 13.3. The standard InChI is InChI=1S/C30H35ClN6O4.ClH/c1-36(2)15-19-3-5-20(6-4-19)26(18-38)34-27(39)17-37-16-22-8-7-21(13-24(22)29(37)40)28-25(31)14-32-30(35-28)33-23-9-11-41-12-10-23;/h3-8,13-14,23,26,38H,9-12,15-18H2,1-2H3,(H,34,39)(H,32,33,35);1H/t26-;/m1./s1. The number of ether oxygens (including phenoxy) is 1. The lowest BCUT2D eigenvalue weighted by Gasteiger charge is -2.23. The van der Waals surface area contributed by atoms with E-state index >= 15 is 0 Å². The number of aliphatic hydroxyl groups excluding tert-OH is 1. The second kappa shape index (κ2) is 14.3. The van der Waals surface area contributed by atoms with E-state index in [0.29, 0.717) is 47.6 Å². The number of hydrogen-bond donors (Lipinski definition) is 3. The zero-order valence-corrected chi connectivity index (χ0v) is 25.2. The van der Waals surface area contributed by atoms with Gasteiger partial charge in [0.05, 0.1) is 29.6 Å². The molecule has 2 amide bonds. The number of carbonyl (C=O) groups is 2. The van der Waals surface area contributed by atoms with E-state index in [1.807, 2.05) is 50.5 Å². The van der Waals surface area contributed by atoms with Crippen LogP contribution < -0.4 is 10.6 Å². The first-order valence-electron chi connectivity index (χ1n) is 13.7. The molecular formula is C30H36Cl2N6O4. The molecule has 0 aliphatic carbocycles. The number of benzene rings is 2. The van der Waals surface area contributed by atoms with Gasteiger partial charge in [-0.3, -0.25) is 9.59 Å². The van der Waals surface area contributed by atoms with Crippen molar-refractivity contribution in [3.05, 3.63) is 75.9 Å². The number of rotatable bonds is 10. The Bertz CT molecular complexity index is 1400. The van der Waals surface area contributed by atoms with E-state index in [-0.39, 0.29) is 43.4 Å². The van der Waals surface area contributed by atoms with Gasteiger partial charge < -0.3 is 30.3 Å². The first-order valence-corrected chi connectivity index (χ1v) is 14.1. The van der Waals surface area contributed by atoms with Crippen LogP contribution in [0.25, 0.3) is 11.3 Å². The molecule has 2 aromatic carbocycles. The zero-order valence-electron chi connectivity index (χ0n) is 23.7. The molecule has 0 radical (unpaired) electrons. The number of amides is 2. The van der Waals surface area contributed by atoms with Crippen LogP contribution in [0, 0.1) is 0 Å². The average molecular weight is 616 g/mol. The van der Waals surface area contributed by atoms with E-state index in [1.165, 1.54) is 4.90 Å². The predicted molar refractivity (Wildman–Crippen MR) is 164 cm³/mol. The van der Waals surface area contributed by atoms with E-state index in [9.17, 15) is 14.7 Å². The molecular weight excluding hydrogens is 579 g/mol. The number of aromatic nitrogens is 2. The third kappa shape index (κ3) is 7.56. The molecule has 1 atom stereocenters. The molecule has 3 aromatic rings. The van der Waals surface area contributed by atoms with Crippen LogP contribution in [0.4, 0.5) is 5.95 Å². The minimum Gasteiger partial charge on any atom is -0.394 e. The first kappa shape index (κ1) is 31.7. The molecule has 0 bridgehead atoms. The smallest absolute Gasteiger partial charge is 0.254 e. The Kier molecular flexibility index (Phi) is 10.7. The Morgan fingerprint density at radius 3 is 2.62 bits per heavy atom. The summed E-state index contributed by atoms with van der Waals surface area (Å²) in [6, 6.07) is 13.0. The Balaban J connectivity index is 0.00000405. The van der Waals surface area contributed by atoms with Crippen LogP contribution in [-0.4, -0.2) is 83.2 Å². The lowest BCUT2D eigenvalue weighted by atomic mass is 10.0. The molecule has 1 aromatic heterocycles. The van der Waals surface area contributed by atoms with Gasteiger partial charge in [-0.1, -0.05) is 48.0 Å². The third-order valence-corrected chi connectivity index (χ3v) is 7.57. The molecule has 1 fully saturated rings.